The highest BCUT2D eigenvalue weighted by atomic mass is 16.5. The Labute approximate surface area is 70.5 Å². The molecule has 0 rings (SSSR count). The minimum atomic E-state index is 0.347. The molecule has 0 saturated heterocycles. The van der Waals surface area contributed by atoms with Crippen molar-refractivity contribution in [3.8, 4) is 0 Å². The fourth-order valence-corrected chi connectivity index (χ4v) is 1.49. The molecule has 0 saturated carbocycles. The van der Waals surface area contributed by atoms with Crippen LogP contribution in [0.2, 0.25) is 0 Å². The summed E-state index contributed by atoms with van der Waals surface area (Å²) in [6.45, 7) is 7.18. The topological polar surface area (TPSA) is 12.5 Å². The zero-order chi connectivity index (χ0) is 8.85. The molecule has 2 atom stereocenters. The van der Waals surface area contributed by atoms with Crippen LogP contribution in [0.25, 0.3) is 0 Å². The molecule has 0 aromatic carbocycles. The van der Waals surface area contributed by atoms with Crippen molar-refractivity contribution in [3.05, 3.63) is 0 Å². The molecule has 0 N–H and O–H groups in total. The molecule has 11 heavy (non-hydrogen) atoms. The highest BCUT2D eigenvalue weighted by molar-refractivity contribution is 4.71. The van der Waals surface area contributed by atoms with Gasteiger partial charge in [0.1, 0.15) is 0 Å². The van der Waals surface area contributed by atoms with Crippen LogP contribution in [0.1, 0.15) is 27.2 Å². The first-order chi connectivity index (χ1) is 5.13. The van der Waals surface area contributed by atoms with Crippen molar-refractivity contribution in [2.45, 2.75) is 39.3 Å². The lowest BCUT2D eigenvalue weighted by molar-refractivity contribution is 0.0160. The predicted octanol–water partition coefficient (Wildman–Crippen LogP) is 1.75. The minimum absolute atomic E-state index is 0.347. The second kappa shape index (κ2) is 5.56. The molecule has 0 amide bonds. The lowest BCUT2D eigenvalue weighted by Gasteiger charge is -2.28. The Kier molecular flexibility index (Phi) is 5.51. The number of nitrogens with zero attached hydrogens (tertiary/aromatic N) is 1. The first kappa shape index (κ1) is 10.9. The van der Waals surface area contributed by atoms with E-state index in [4.69, 9.17) is 4.74 Å². The second-order valence-corrected chi connectivity index (χ2v) is 3.10. The molecule has 0 heterocycles. The lowest BCUT2D eigenvalue weighted by Crippen LogP contribution is -2.38. The van der Waals surface area contributed by atoms with Crippen LogP contribution >= 0.6 is 0 Å². The van der Waals surface area contributed by atoms with Gasteiger partial charge in [0, 0.05) is 12.6 Å². The van der Waals surface area contributed by atoms with Crippen LogP contribution in [0, 0.1) is 0 Å². The largest absolute Gasteiger partial charge is 0.377 e. The standard InChI is InChI=1S/C9H21NO/c1-6-9(10(4)5)8(3)11-7-2/h8-9H,6-7H2,1-5H3. The van der Waals surface area contributed by atoms with E-state index < -0.39 is 0 Å². The summed E-state index contributed by atoms with van der Waals surface area (Å²) in [7, 11) is 4.20. The first-order valence-corrected chi connectivity index (χ1v) is 4.41. The van der Waals surface area contributed by atoms with Gasteiger partial charge in [-0.3, -0.25) is 0 Å². The van der Waals surface area contributed by atoms with Crippen LogP contribution in [-0.2, 0) is 4.74 Å². The van der Waals surface area contributed by atoms with Crippen molar-refractivity contribution in [2.75, 3.05) is 20.7 Å². The maximum Gasteiger partial charge on any atom is 0.0701 e. The van der Waals surface area contributed by atoms with Gasteiger partial charge in [-0.25, -0.2) is 0 Å². The molecule has 0 aromatic rings. The molecule has 0 spiro atoms. The molecular weight excluding hydrogens is 138 g/mol. The number of hydrogen-bond donors (Lipinski definition) is 0. The van der Waals surface area contributed by atoms with Gasteiger partial charge >= 0.3 is 0 Å². The fourth-order valence-electron chi connectivity index (χ4n) is 1.49. The van der Waals surface area contributed by atoms with Crippen molar-refractivity contribution < 1.29 is 4.74 Å². The Bertz CT molecular complexity index is 93.6. The zero-order valence-corrected chi connectivity index (χ0v) is 8.42. The molecule has 0 fully saturated rings. The molecule has 0 bridgehead atoms. The highest BCUT2D eigenvalue weighted by Gasteiger charge is 2.16. The summed E-state index contributed by atoms with van der Waals surface area (Å²) in [5, 5.41) is 0. The Morgan fingerprint density at radius 3 is 2.09 bits per heavy atom. The summed E-state index contributed by atoms with van der Waals surface area (Å²) in [6, 6.07) is 0.551. The van der Waals surface area contributed by atoms with E-state index in [0.717, 1.165) is 13.0 Å². The van der Waals surface area contributed by atoms with E-state index in [9.17, 15) is 0 Å². The van der Waals surface area contributed by atoms with E-state index in [1.165, 1.54) is 0 Å². The number of ether oxygens (including phenoxy) is 1. The van der Waals surface area contributed by atoms with Gasteiger partial charge in [-0.1, -0.05) is 6.92 Å². The van der Waals surface area contributed by atoms with Crippen LogP contribution < -0.4 is 0 Å². The summed E-state index contributed by atoms with van der Waals surface area (Å²) in [5.41, 5.74) is 0. The van der Waals surface area contributed by atoms with E-state index in [1.54, 1.807) is 0 Å². The van der Waals surface area contributed by atoms with Gasteiger partial charge in [-0.15, -0.1) is 0 Å². The van der Waals surface area contributed by atoms with E-state index in [-0.39, 0.29) is 0 Å². The number of likely N-dealkylation sites (N-methyl/N-ethyl adjacent to an activating group) is 1. The van der Waals surface area contributed by atoms with Crippen molar-refractivity contribution in [1.82, 2.24) is 4.90 Å². The van der Waals surface area contributed by atoms with Crippen LogP contribution in [0.4, 0.5) is 0 Å². The van der Waals surface area contributed by atoms with E-state index >= 15 is 0 Å². The van der Waals surface area contributed by atoms with E-state index in [2.05, 4.69) is 32.8 Å². The SMILES string of the molecule is CCOC(C)C(CC)N(C)C. The summed E-state index contributed by atoms with van der Waals surface area (Å²) in [6.07, 6.45) is 1.49. The molecule has 0 radical (unpaired) electrons. The average molecular weight is 159 g/mol. The molecule has 2 unspecified atom stereocenters. The van der Waals surface area contributed by atoms with Gasteiger partial charge in [0.25, 0.3) is 0 Å². The maximum atomic E-state index is 5.51. The Hall–Kier alpha value is -0.0800. The van der Waals surface area contributed by atoms with Gasteiger partial charge in [-0.05, 0) is 34.4 Å². The van der Waals surface area contributed by atoms with Crippen molar-refractivity contribution in [1.29, 1.82) is 0 Å². The van der Waals surface area contributed by atoms with E-state index in [0.29, 0.717) is 12.1 Å². The van der Waals surface area contributed by atoms with Crippen molar-refractivity contribution in [2.24, 2.45) is 0 Å². The lowest BCUT2D eigenvalue weighted by atomic mass is 10.1. The van der Waals surface area contributed by atoms with Crippen molar-refractivity contribution >= 4 is 0 Å². The highest BCUT2D eigenvalue weighted by Crippen LogP contribution is 2.07. The first-order valence-electron chi connectivity index (χ1n) is 4.41. The molecule has 2 heteroatoms. The van der Waals surface area contributed by atoms with Crippen LogP contribution in [-0.4, -0.2) is 37.7 Å². The van der Waals surface area contributed by atoms with Gasteiger partial charge in [0.15, 0.2) is 0 Å². The Balaban J connectivity index is 3.81. The van der Waals surface area contributed by atoms with Gasteiger partial charge in [0.2, 0.25) is 0 Å². The van der Waals surface area contributed by atoms with Crippen molar-refractivity contribution in [3.63, 3.8) is 0 Å². The third-order valence-corrected chi connectivity index (χ3v) is 2.05. The fraction of sp³-hybridized carbons (Fsp3) is 1.00. The van der Waals surface area contributed by atoms with Gasteiger partial charge in [0.05, 0.1) is 6.10 Å². The molecule has 2 nitrogen and oxygen atoms in total. The second-order valence-electron chi connectivity index (χ2n) is 3.10. The molecule has 68 valence electrons. The smallest absolute Gasteiger partial charge is 0.0701 e. The average Bonchev–Trinajstić information content (AvgIpc) is 1.88. The minimum Gasteiger partial charge on any atom is -0.377 e. The van der Waals surface area contributed by atoms with Crippen LogP contribution in [0.15, 0.2) is 0 Å². The Morgan fingerprint density at radius 1 is 1.27 bits per heavy atom. The molecule has 0 aromatic heterocycles. The normalized spacial score (nSPS) is 16.9. The summed E-state index contributed by atoms with van der Waals surface area (Å²) in [4.78, 5) is 2.22. The number of hydrogen-bond acceptors (Lipinski definition) is 2. The molecule has 0 aliphatic heterocycles. The molecule has 0 aliphatic rings. The third-order valence-electron chi connectivity index (χ3n) is 2.05. The summed E-state index contributed by atoms with van der Waals surface area (Å²) < 4.78 is 5.51. The maximum absolute atomic E-state index is 5.51. The molecular formula is C9H21NO. The quantitative estimate of drug-likeness (QED) is 0.606. The van der Waals surface area contributed by atoms with Crippen LogP contribution in [0.5, 0.6) is 0 Å². The van der Waals surface area contributed by atoms with Gasteiger partial charge in [-0.2, -0.15) is 0 Å². The van der Waals surface area contributed by atoms with Crippen LogP contribution in [0.3, 0.4) is 0 Å². The predicted molar refractivity (Wildman–Crippen MR) is 48.9 cm³/mol. The number of rotatable bonds is 5. The monoisotopic (exact) mass is 159 g/mol. The van der Waals surface area contributed by atoms with Gasteiger partial charge < -0.3 is 9.64 Å². The zero-order valence-electron chi connectivity index (χ0n) is 8.42. The Morgan fingerprint density at radius 2 is 1.82 bits per heavy atom. The summed E-state index contributed by atoms with van der Waals surface area (Å²) >= 11 is 0. The van der Waals surface area contributed by atoms with E-state index in [1.807, 2.05) is 6.92 Å². The summed E-state index contributed by atoms with van der Waals surface area (Å²) in [5.74, 6) is 0. The molecule has 0 aliphatic carbocycles. The third kappa shape index (κ3) is 3.73.